The van der Waals surface area contributed by atoms with Crippen LogP contribution in [0.1, 0.15) is 80.8 Å². The summed E-state index contributed by atoms with van der Waals surface area (Å²) in [6.07, 6.45) is 0. The van der Waals surface area contributed by atoms with Crippen LogP contribution < -0.4 is 0 Å². The number of hydrogen-bond acceptors (Lipinski definition) is 5. The third-order valence-electron chi connectivity index (χ3n) is 4.00. The molecule has 2 aromatic heterocycles. The molecule has 28 heavy (non-hydrogen) atoms. The molecule has 8 heteroatoms. The lowest BCUT2D eigenvalue weighted by molar-refractivity contribution is 0.0513. The van der Waals surface area contributed by atoms with Gasteiger partial charge in [0.05, 0.1) is 18.0 Å². The lowest BCUT2D eigenvalue weighted by Gasteiger charge is -2.13. The molecule has 0 radical (unpaired) electrons. The van der Waals surface area contributed by atoms with E-state index in [-0.39, 0.29) is 22.5 Å². The van der Waals surface area contributed by atoms with Crippen LogP contribution in [0.3, 0.4) is 0 Å². The molecule has 0 fully saturated rings. The van der Waals surface area contributed by atoms with Crippen LogP contribution in [0.2, 0.25) is 0 Å². The van der Waals surface area contributed by atoms with Crippen molar-refractivity contribution in [1.29, 1.82) is 0 Å². The van der Waals surface area contributed by atoms with Crippen molar-refractivity contribution in [3.8, 4) is 0 Å². The van der Waals surface area contributed by atoms with Crippen LogP contribution in [-0.4, -0.2) is 43.2 Å². The zero-order valence-corrected chi connectivity index (χ0v) is 18.3. The number of hydrogen-bond donors (Lipinski definition) is 1. The Morgan fingerprint density at radius 3 is 1.61 bits per heavy atom. The minimum Gasteiger partial charge on any atom is -0.477 e. The highest BCUT2D eigenvalue weighted by Crippen LogP contribution is 2.22. The molecular formula is C20H32N4O4. The number of carboxylic acids is 1. The molecule has 0 atom stereocenters. The average Bonchev–Trinajstić information content (AvgIpc) is 3.10. The predicted octanol–water partition coefficient (Wildman–Crippen LogP) is 3.31. The summed E-state index contributed by atoms with van der Waals surface area (Å²) >= 11 is 0. The van der Waals surface area contributed by atoms with E-state index < -0.39 is 5.97 Å². The van der Waals surface area contributed by atoms with E-state index in [1.807, 2.05) is 20.8 Å². The van der Waals surface area contributed by atoms with E-state index in [4.69, 9.17) is 9.84 Å². The maximum Gasteiger partial charge on any atom is 0.356 e. The molecule has 1 N–H and O–H groups in total. The summed E-state index contributed by atoms with van der Waals surface area (Å²) in [4.78, 5) is 22.2. The summed E-state index contributed by atoms with van der Waals surface area (Å²) in [6, 6.07) is 3.40. The van der Waals surface area contributed by atoms with Crippen LogP contribution in [0.5, 0.6) is 0 Å². The second-order valence-corrected chi connectivity index (χ2v) is 8.60. The molecule has 0 bridgehead atoms. The Bertz CT molecular complexity index is 835. The number of carbonyl (C=O) groups is 2. The highest BCUT2D eigenvalue weighted by atomic mass is 16.5. The van der Waals surface area contributed by atoms with Gasteiger partial charge in [0.15, 0.2) is 0 Å². The van der Waals surface area contributed by atoms with Gasteiger partial charge in [0.1, 0.15) is 11.4 Å². The van der Waals surface area contributed by atoms with Crippen LogP contribution in [0.15, 0.2) is 12.1 Å². The summed E-state index contributed by atoms with van der Waals surface area (Å²) in [5.74, 6) is -1.26. The molecular weight excluding hydrogens is 360 g/mol. The Kier molecular flexibility index (Phi) is 7.17. The molecule has 0 saturated heterocycles. The number of aromatic nitrogens is 4. The fourth-order valence-corrected chi connectivity index (χ4v) is 2.26. The molecule has 156 valence electrons. The van der Waals surface area contributed by atoms with Crippen LogP contribution in [0, 0.1) is 0 Å². The number of esters is 1. The predicted molar refractivity (Wildman–Crippen MR) is 107 cm³/mol. The maximum absolute atomic E-state index is 11.5. The smallest absolute Gasteiger partial charge is 0.356 e. The first kappa shape index (κ1) is 23.4. The third-order valence-corrected chi connectivity index (χ3v) is 4.00. The summed E-state index contributed by atoms with van der Waals surface area (Å²) in [5.41, 5.74) is 2.26. The van der Waals surface area contributed by atoms with E-state index in [1.165, 1.54) is 4.68 Å². The van der Waals surface area contributed by atoms with Gasteiger partial charge in [-0.05, 0) is 19.1 Å². The zero-order chi connectivity index (χ0) is 21.9. The zero-order valence-electron chi connectivity index (χ0n) is 18.3. The molecule has 0 aliphatic carbocycles. The number of carbonyl (C=O) groups excluding carboxylic acids is 1. The van der Waals surface area contributed by atoms with Crippen molar-refractivity contribution in [3.05, 3.63) is 34.9 Å². The Morgan fingerprint density at radius 2 is 1.32 bits per heavy atom. The van der Waals surface area contributed by atoms with Crippen molar-refractivity contribution in [3.63, 3.8) is 0 Å². The lowest BCUT2D eigenvalue weighted by atomic mass is 9.92. The van der Waals surface area contributed by atoms with Gasteiger partial charge in [-0.1, -0.05) is 41.5 Å². The Labute approximate surface area is 166 Å². The number of carboxylic acid groups (broad SMARTS) is 1. The number of nitrogens with zero attached hydrogens (tertiary/aromatic N) is 4. The van der Waals surface area contributed by atoms with E-state index in [9.17, 15) is 9.59 Å². The molecule has 0 spiro atoms. The van der Waals surface area contributed by atoms with E-state index in [0.717, 1.165) is 11.4 Å². The first-order chi connectivity index (χ1) is 12.7. The molecule has 8 nitrogen and oxygen atoms in total. The number of aryl methyl sites for hydroxylation is 2. The molecule has 0 aromatic carbocycles. The monoisotopic (exact) mass is 392 g/mol. The second kappa shape index (κ2) is 8.58. The fraction of sp³-hybridized carbons (Fsp3) is 0.600. The van der Waals surface area contributed by atoms with Crippen LogP contribution in [0.25, 0.3) is 0 Å². The van der Waals surface area contributed by atoms with Gasteiger partial charge < -0.3 is 9.84 Å². The van der Waals surface area contributed by atoms with Gasteiger partial charge >= 0.3 is 11.9 Å². The Morgan fingerprint density at radius 1 is 0.929 bits per heavy atom. The molecule has 0 aliphatic rings. The van der Waals surface area contributed by atoms with Crippen molar-refractivity contribution in [2.24, 2.45) is 14.1 Å². The molecule has 2 rings (SSSR count). The van der Waals surface area contributed by atoms with E-state index in [2.05, 4.69) is 31.0 Å². The van der Waals surface area contributed by atoms with E-state index >= 15 is 0 Å². The lowest BCUT2D eigenvalue weighted by Crippen LogP contribution is -2.12. The van der Waals surface area contributed by atoms with Gasteiger partial charge in [0, 0.05) is 24.9 Å². The Balaban J connectivity index is 0.000000283. The largest absolute Gasteiger partial charge is 0.477 e. The van der Waals surface area contributed by atoms with Gasteiger partial charge in [0.25, 0.3) is 0 Å². The van der Waals surface area contributed by atoms with E-state index in [0.29, 0.717) is 12.3 Å². The third kappa shape index (κ3) is 5.94. The SMILES string of the molecule is CCOC(=O)c1cc(C(C)(C)C)nn1C.Cn1nc(C(C)(C)C)cc1C(=O)O. The highest BCUT2D eigenvalue weighted by Gasteiger charge is 2.22. The standard InChI is InChI=1S/C11H18N2O2.C9H14N2O2/c1-6-15-10(14)8-7-9(11(2,3)4)12-13(8)5;1-9(2,3)7-5-6(8(12)13)11(4)10-7/h7H,6H2,1-5H3;5H,1-4H3,(H,12,13). The average molecular weight is 393 g/mol. The van der Waals surface area contributed by atoms with Crippen molar-refractivity contribution >= 4 is 11.9 Å². The normalized spacial score (nSPS) is 11.6. The first-order valence-electron chi connectivity index (χ1n) is 9.18. The van der Waals surface area contributed by atoms with Crippen LogP contribution in [0.4, 0.5) is 0 Å². The summed E-state index contributed by atoms with van der Waals surface area (Å²) < 4.78 is 7.89. The fourth-order valence-electron chi connectivity index (χ4n) is 2.26. The van der Waals surface area contributed by atoms with E-state index in [1.54, 1.807) is 37.8 Å². The second-order valence-electron chi connectivity index (χ2n) is 8.60. The van der Waals surface area contributed by atoms with Crippen LogP contribution >= 0.6 is 0 Å². The van der Waals surface area contributed by atoms with Gasteiger partial charge in [-0.2, -0.15) is 10.2 Å². The summed E-state index contributed by atoms with van der Waals surface area (Å²) in [7, 11) is 3.39. The van der Waals surface area contributed by atoms with Gasteiger partial charge in [-0.25, -0.2) is 9.59 Å². The topological polar surface area (TPSA) is 99.2 Å². The van der Waals surface area contributed by atoms with Crippen LogP contribution in [-0.2, 0) is 29.7 Å². The number of rotatable bonds is 3. The molecule has 0 amide bonds. The minimum atomic E-state index is -0.939. The van der Waals surface area contributed by atoms with Crippen molar-refractivity contribution in [2.75, 3.05) is 6.61 Å². The molecule has 0 saturated carbocycles. The van der Waals surface area contributed by atoms with Crippen molar-refractivity contribution in [2.45, 2.75) is 59.3 Å². The Hall–Kier alpha value is -2.64. The van der Waals surface area contributed by atoms with Crippen molar-refractivity contribution in [1.82, 2.24) is 19.6 Å². The van der Waals surface area contributed by atoms with Gasteiger partial charge in [-0.3, -0.25) is 9.36 Å². The molecule has 0 unspecified atom stereocenters. The maximum atomic E-state index is 11.5. The summed E-state index contributed by atoms with van der Waals surface area (Å²) in [6.45, 7) is 14.4. The first-order valence-corrected chi connectivity index (χ1v) is 9.18. The van der Waals surface area contributed by atoms with Gasteiger partial charge in [0.2, 0.25) is 0 Å². The molecule has 2 aromatic rings. The minimum absolute atomic E-state index is 0.0531. The molecule has 2 heterocycles. The van der Waals surface area contributed by atoms with Gasteiger partial charge in [-0.15, -0.1) is 0 Å². The summed E-state index contributed by atoms with van der Waals surface area (Å²) in [5, 5.41) is 17.2. The number of ether oxygens (including phenoxy) is 1. The highest BCUT2D eigenvalue weighted by molar-refractivity contribution is 5.87. The number of aromatic carboxylic acids is 1. The molecule has 0 aliphatic heterocycles. The quantitative estimate of drug-likeness (QED) is 0.805. The van der Waals surface area contributed by atoms with Crippen molar-refractivity contribution < 1.29 is 19.4 Å².